The Morgan fingerprint density at radius 1 is 0.941 bits per heavy atom. The minimum atomic E-state index is 0.0137. The van der Waals surface area contributed by atoms with Gasteiger partial charge < -0.3 is 4.74 Å². The number of ether oxygens (including phenoxy) is 1. The molecule has 2 aromatic carbocycles. The molecule has 0 fully saturated rings. The molecule has 1 heteroatoms. The predicted octanol–water partition coefficient (Wildman–Crippen LogP) is 3.86. The van der Waals surface area contributed by atoms with Gasteiger partial charge in [0, 0.05) is 6.42 Å². The van der Waals surface area contributed by atoms with Crippen molar-refractivity contribution in [2.45, 2.75) is 12.5 Å². The first-order chi connectivity index (χ1) is 8.38. The quantitative estimate of drug-likeness (QED) is 0.701. The number of hydrogen-bond acceptors (Lipinski definition) is 1. The van der Waals surface area contributed by atoms with Crippen LogP contribution >= 0.6 is 0 Å². The van der Waals surface area contributed by atoms with Crippen LogP contribution in [0.3, 0.4) is 0 Å². The molecule has 0 unspecified atom stereocenters. The zero-order valence-corrected chi connectivity index (χ0v) is 9.75. The van der Waals surface area contributed by atoms with Gasteiger partial charge in [-0.3, -0.25) is 0 Å². The largest absolute Gasteiger partial charge is 0.486 e. The minimum absolute atomic E-state index is 0.0137. The van der Waals surface area contributed by atoms with Crippen LogP contribution in [0.2, 0.25) is 0 Å². The Labute approximate surface area is 102 Å². The van der Waals surface area contributed by atoms with Crippen LogP contribution in [0.5, 0.6) is 5.75 Å². The average molecular weight is 224 g/mol. The molecule has 86 valence electrons. The summed E-state index contributed by atoms with van der Waals surface area (Å²) in [6.45, 7) is 3.83. The summed E-state index contributed by atoms with van der Waals surface area (Å²) in [5, 5.41) is 0. The van der Waals surface area contributed by atoms with E-state index in [1.54, 1.807) is 0 Å². The lowest BCUT2D eigenvalue weighted by Crippen LogP contribution is -2.16. The second-order valence-electron chi connectivity index (χ2n) is 3.89. The van der Waals surface area contributed by atoms with E-state index in [1.165, 1.54) is 5.56 Å². The summed E-state index contributed by atoms with van der Waals surface area (Å²) in [6.07, 6.45) is 2.71. The first kappa shape index (κ1) is 11.5. The van der Waals surface area contributed by atoms with Gasteiger partial charge in [-0.05, 0) is 17.7 Å². The summed E-state index contributed by atoms with van der Waals surface area (Å²) >= 11 is 0. The van der Waals surface area contributed by atoms with E-state index < -0.39 is 0 Å². The van der Waals surface area contributed by atoms with Crippen LogP contribution < -0.4 is 4.74 Å². The smallest absolute Gasteiger partial charge is 0.121 e. The molecule has 1 atom stereocenters. The van der Waals surface area contributed by atoms with Crippen LogP contribution in [-0.2, 0) is 6.42 Å². The van der Waals surface area contributed by atoms with Crippen molar-refractivity contribution in [1.29, 1.82) is 0 Å². The maximum Gasteiger partial charge on any atom is 0.121 e. The molecular weight excluding hydrogens is 208 g/mol. The molecule has 0 N–H and O–H groups in total. The molecule has 0 spiro atoms. The van der Waals surface area contributed by atoms with Gasteiger partial charge in [0.2, 0.25) is 0 Å². The van der Waals surface area contributed by atoms with Gasteiger partial charge in [-0.1, -0.05) is 61.2 Å². The van der Waals surface area contributed by atoms with E-state index >= 15 is 0 Å². The summed E-state index contributed by atoms with van der Waals surface area (Å²) in [5.41, 5.74) is 1.26. The van der Waals surface area contributed by atoms with E-state index in [1.807, 2.05) is 54.6 Å². The molecule has 0 aliphatic carbocycles. The Morgan fingerprint density at radius 3 is 2.12 bits per heavy atom. The topological polar surface area (TPSA) is 9.23 Å². The van der Waals surface area contributed by atoms with Crippen LogP contribution in [0.25, 0.3) is 0 Å². The maximum absolute atomic E-state index is 5.85. The van der Waals surface area contributed by atoms with Crippen molar-refractivity contribution >= 4 is 0 Å². The lowest BCUT2D eigenvalue weighted by atomic mass is 10.1. The predicted molar refractivity (Wildman–Crippen MR) is 71.2 cm³/mol. The van der Waals surface area contributed by atoms with Gasteiger partial charge in [0.1, 0.15) is 11.9 Å². The standard InChI is InChI=1S/C16H16O/c1-2-15(13-14-9-5-3-6-10-14)17-16-11-7-4-8-12-16/h2-12,15H,1,13H2/t15-/m1/s1. The number of para-hydroxylation sites is 1. The van der Waals surface area contributed by atoms with Gasteiger partial charge >= 0.3 is 0 Å². The molecule has 0 saturated carbocycles. The summed E-state index contributed by atoms with van der Waals surface area (Å²) in [7, 11) is 0. The Hall–Kier alpha value is -2.02. The van der Waals surface area contributed by atoms with Crippen molar-refractivity contribution in [3.05, 3.63) is 78.9 Å². The first-order valence-electron chi connectivity index (χ1n) is 5.76. The monoisotopic (exact) mass is 224 g/mol. The fourth-order valence-corrected chi connectivity index (χ4v) is 1.69. The fraction of sp³-hybridized carbons (Fsp3) is 0.125. The van der Waals surface area contributed by atoms with E-state index in [0.717, 1.165) is 12.2 Å². The molecule has 0 heterocycles. The third-order valence-corrected chi connectivity index (χ3v) is 2.57. The van der Waals surface area contributed by atoms with Crippen molar-refractivity contribution in [3.8, 4) is 5.75 Å². The van der Waals surface area contributed by atoms with Crippen molar-refractivity contribution in [3.63, 3.8) is 0 Å². The minimum Gasteiger partial charge on any atom is -0.486 e. The number of hydrogen-bond donors (Lipinski definition) is 0. The molecule has 2 rings (SSSR count). The van der Waals surface area contributed by atoms with Gasteiger partial charge in [0.05, 0.1) is 0 Å². The highest BCUT2D eigenvalue weighted by molar-refractivity contribution is 5.23. The van der Waals surface area contributed by atoms with Crippen molar-refractivity contribution < 1.29 is 4.74 Å². The Morgan fingerprint density at radius 2 is 1.53 bits per heavy atom. The first-order valence-corrected chi connectivity index (χ1v) is 5.76. The zero-order valence-electron chi connectivity index (χ0n) is 9.75. The van der Waals surface area contributed by atoms with Crippen molar-refractivity contribution in [2.24, 2.45) is 0 Å². The summed E-state index contributed by atoms with van der Waals surface area (Å²) < 4.78 is 5.85. The van der Waals surface area contributed by atoms with Gasteiger partial charge in [0.15, 0.2) is 0 Å². The second-order valence-corrected chi connectivity index (χ2v) is 3.89. The molecule has 0 bridgehead atoms. The zero-order chi connectivity index (χ0) is 11.9. The second kappa shape index (κ2) is 5.90. The molecule has 0 aliphatic heterocycles. The molecule has 1 nitrogen and oxygen atoms in total. The molecule has 0 aliphatic rings. The van der Waals surface area contributed by atoms with E-state index in [4.69, 9.17) is 4.74 Å². The molecule has 0 amide bonds. The molecule has 2 aromatic rings. The molecule has 0 aromatic heterocycles. The Balaban J connectivity index is 2.01. The Bertz CT molecular complexity index is 406. The maximum atomic E-state index is 5.85. The lowest BCUT2D eigenvalue weighted by molar-refractivity contribution is 0.250. The molecule has 0 saturated heterocycles. The van der Waals surface area contributed by atoms with E-state index in [2.05, 4.69) is 18.7 Å². The highest BCUT2D eigenvalue weighted by Crippen LogP contribution is 2.14. The number of rotatable bonds is 5. The highest BCUT2D eigenvalue weighted by atomic mass is 16.5. The third-order valence-electron chi connectivity index (χ3n) is 2.57. The fourth-order valence-electron chi connectivity index (χ4n) is 1.69. The average Bonchev–Trinajstić information content (AvgIpc) is 2.40. The van der Waals surface area contributed by atoms with Crippen molar-refractivity contribution in [1.82, 2.24) is 0 Å². The third kappa shape index (κ3) is 3.49. The van der Waals surface area contributed by atoms with Crippen LogP contribution in [0.1, 0.15) is 5.56 Å². The summed E-state index contributed by atoms with van der Waals surface area (Å²) in [4.78, 5) is 0. The van der Waals surface area contributed by atoms with E-state index in [0.29, 0.717) is 0 Å². The van der Waals surface area contributed by atoms with Crippen molar-refractivity contribution in [2.75, 3.05) is 0 Å². The normalized spacial score (nSPS) is 11.8. The van der Waals surface area contributed by atoms with E-state index in [-0.39, 0.29) is 6.10 Å². The van der Waals surface area contributed by atoms with Crippen LogP contribution in [-0.4, -0.2) is 6.10 Å². The van der Waals surface area contributed by atoms with Gasteiger partial charge in [-0.2, -0.15) is 0 Å². The summed E-state index contributed by atoms with van der Waals surface area (Å²) in [6, 6.07) is 20.1. The van der Waals surface area contributed by atoms with Crippen LogP contribution in [0.4, 0.5) is 0 Å². The lowest BCUT2D eigenvalue weighted by Gasteiger charge is -2.15. The summed E-state index contributed by atoms with van der Waals surface area (Å²) in [5.74, 6) is 0.883. The van der Waals surface area contributed by atoms with E-state index in [9.17, 15) is 0 Å². The highest BCUT2D eigenvalue weighted by Gasteiger charge is 2.06. The SMILES string of the molecule is C=C[C@H](Cc1ccccc1)Oc1ccccc1. The van der Waals surface area contributed by atoms with Gasteiger partial charge in [-0.25, -0.2) is 0 Å². The number of benzene rings is 2. The van der Waals surface area contributed by atoms with Gasteiger partial charge in [-0.15, -0.1) is 0 Å². The molecule has 17 heavy (non-hydrogen) atoms. The van der Waals surface area contributed by atoms with Crippen LogP contribution in [0, 0.1) is 0 Å². The Kier molecular flexibility index (Phi) is 3.98. The van der Waals surface area contributed by atoms with Crippen LogP contribution in [0.15, 0.2) is 73.3 Å². The van der Waals surface area contributed by atoms with Gasteiger partial charge in [0.25, 0.3) is 0 Å². The molecular formula is C16H16O. The molecule has 0 radical (unpaired) electrons.